The van der Waals surface area contributed by atoms with Crippen molar-refractivity contribution >= 4 is 34.8 Å². The molecule has 0 aliphatic heterocycles. The van der Waals surface area contributed by atoms with Crippen molar-refractivity contribution in [2.45, 2.75) is 17.8 Å². The summed E-state index contributed by atoms with van der Waals surface area (Å²) < 4.78 is 1.41. The van der Waals surface area contributed by atoms with Crippen molar-refractivity contribution in [3.8, 4) is 0 Å². The number of nitrogens with two attached hydrogens (primary N) is 1. The van der Waals surface area contributed by atoms with E-state index >= 15 is 0 Å². The van der Waals surface area contributed by atoms with Crippen LogP contribution in [0.5, 0.6) is 0 Å². The third-order valence-electron chi connectivity index (χ3n) is 2.88. The van der Waals surface area contributed by atoms with Crippen LogP contribution in [0.15, 0.2) is 40.4 Å². The number of hydrogen-bond donors (Lipinski definition) is 1. The van der Waals surface area contributed by atoms with Crippen LogP contribution in [0.1, 0.15) is 11.4 Å². The van der Waals surface area contributed by atoms with Crippen LogP contribution in [-0.2, 0) is 5.75 Å². The minimum atomic E-state index is -0.173. The maximum Gasteiger partial charge on any atom is 0.258 e. The summed E-state index contributed by atoms with van der Waals surface area (Å²) in [5.74, 6) is 0.910. The third-order valence-corrected chi connectivity index (χ3v) is 3.98. The lowest BCUT2D eigenvalue weighted by molar-refractivity contribution is 0.937. The first kappa shape index (κ1) is 14.8. The molecule has 112 valence electrons. The van der Waals surface area contributed by atoms with E-state index in [1.807, 2.05) is 6.92 Å². The molecule has 0 bridgehead atoms. The molecule has 0 fully saturated rings. The quantitative estimate of drug-likeness (QED) is 0.584. The van der Waals surface area contributed by atoms with E-state index in [2.05, 4.69) is 15.0 Å². The molecule has 2 N–H and O–H groups in total. The number of halogens is 1. The summed E-state index contributed by atoms with van der Waals surface area (Å²) >= 11 is 7.26. The highest BCUT2D eigenvalue weighted by atomic mass is 35.5. The molecule has 22 heavy (non-hydrogen) atoms. The van der Waals surface area contributed by atoms with Gasteiger partial charge < -0.3 is 5.73 Å². The van der Waals surface area contributed by atoms with Crippen molar-refractivity contribution < 1.29 is 0 Å². The van der Waals surface area contributed by atoms with E-state index in [0.717, 1.165) is 5.69 Å². The Morgan fingerprint density at radius 3 is 2.86 bits per heavy atom. The second-order valence-corrected chi connectivity index (χ2v) is 6.05. The van der Waals surface area contributed by atoms with Gasteiger partial charge in [0, 0.05) is 29.8 Å². The molecule has 6 nitrogen and oxygen atoms in total. The van der Waals surface area contributed by atoms with Crippen molar-refractivity contribution in [2.24, 2.45) is 0 Å². The average molecular weight is 334 g/mol. The number of hydrogen-bond acceptors (Lipinski definition) is 6. The minimum Gasteiger partial charge on any atom is -0.384 e. The van der Waals surface area contributed by atoms with Crippen LogP contribution in [0.4, 0.5) is 5.82 Å². The Hall–Kier alpha value is -2.12. The highest BCUT2D eigenvalue weighted by molar-refractivity contribution is 7.98. The Morgan fingerprint density at radius 2 is 2.09 bits per heavy atom. The summed E-state index contributed by atoms with van der Waals surface area (Å²) in [7, 11) is 0. The molecule has 0 aliphatic carbocycles. The lowest BCUT2D eigenvalue weighted by atomic mass is 10.4. The van der Waals surface area contributed by atoms with Gasteiger partial charge in [0.1, 0.15) is 11.5 Å². The van der Waals surface area contributed by atoms with Crippen LogP contribution in [-0.4, -0.2) is 19.4 Å². The van der Waals surface area contributed by atoms with Crippen molar-refractivity contribution in [1.29, 1.82) is 0 Å². The second kappa shape index (κ2) is 5.94. The van der Waals surface area contributed by atoms with Gasteiger partial charge in [-0.05, 0) is 19.1 Å². The number of rotatable bonds is 3. The molecule has 0 unspecified atom stereocenters. The van der Waals surface area contributed by atoms with Crippen LogP contribution < -0.4 is 11.3 Å². The monoisotopic (exact) mass is 333 g/mol. The zero-order valence-electron chi connectivity index (χ0n) is 11.7. The molecular formula is C14H12ClN5OS. The van der Waals surface area contributed by atoms with E-state index in [1.54, 1.807) is 24.4 Å². The molecule has 8 heteroatoms. The molecule has 0 saturated heterocycles. The highest BCUT2D eigenvalue weighted by Gasteiger charge is 2.06. The Labute approximate surface area is 135 Å². The summed E-state index contributed by atoms with van der Waals surface area (Å²) in [6.45, 7) is 1.85. The SMILES string of the molecule is Cc1cc(N)nc(SCc2cc(=O)n3cc(Cl)ccc3n2)n1. The number of anilines is 1. The molecule has 0 atom stereocenters. The largest absolute Gasteiger partial charge is 0.384 e. The Balaban J connectivity index is 1.88. The number of fused-ring (bicyclic) bond motifs is 1. The Bertz CT molecular complexity index is 891. The van der Waals surface area contributed by atoms with Crippen LogP contribution >= 0.6 is 23.4 Å². The number of pyridine rings is 1. The van der Waals surface area contributed by atoms with Gasteiger partial charge in [-0.3, -0.25) is 9.20 Å². The van der Waals surface area contributed by atoms with E-state index in [-0.39, 0.29) is 5.56 Å². The van der Waals surface area contributed by atoms with Gasteiger partial charge in [0.2, 0.25) is 0 Å². The van der Waals surface area contributed by atoms with E-state index in [1.165, 1.54) is 22.2 Å². The zero-order valence-corrected chi connectivity index (χ0v) is 13.2. The fourth-order valence-corrected chi connectivity index (χ4v) is 2.93. The maximum absolute atomic E-state index is 12.1. The average Bonchev–Trinajstić information content (AvgIpc) is 2.45. The van der Waals surface area contributed by atoms with Gasteiger partial charge in [-0.25, -0.2) is 15.0 Å². The molecule has 0 amide bonds. The van der Waals surface area contributed by atoms with E-state index in [9.17, 15) is 4.79 Å². The van der Waals surface area contributed by atoms with Crippen LogP contribution in [0.2, 0.25) is 5.02 Å². The van der Waals surface area contributed by atoms with Crippen molar-refractivity contribution in [2.75, 3.05) is 5.73 Å². The molecule has 0 spiro atoms. The topological polar surface area (TPSA) is 86.2 Å². The third kappa shape index (κ3) is 3.20. The Morgan fingerprint density at radius 1 is 1.27 bits per heavy atom. The molecule has 0 aliphatic rings. The van der Waals surface area contributed by atoms with Gasteiger partial charge in [0.25, 0.3) is 5.56 Å². The van der Waals surface area contributed by atoms with E-state index < -0.39 is 0 Å². The molecular weight excluding hydrogens is 322 g/mol. The summed E-state index contributed by atoms with van der Waals surface area (Å²) in [5.41, 5.74) is 7.53. The van der Waals surface area contributed by atoms with Gasteiger partial charge in [-0.15, -0.1) is 0 Å². The van der Waals surface area contributed by atoms with Gasteiger partial charge in [0.05, 0.1) is 10.7 Å². The van der Waals surface area contributed by atoms with Crippen molar-refractivity contribution in [3.05, 3.63) is 57.2 Å². The molecule has 3 heterocycles. The predicted molar refractivity (Wildman–Crippen MR) is 87.2 cm³/mol. The summed E-state index contributed by atoms with van der Waals surface area (Å²) in [4.78, 5) is 24.9. The van der Waals surface area contributed by atoms with E-state index in [0.29, 0.717) is 33.1 Å². The van der Waals surface area contributed by atoms with Gasteiger partial charge in [-0.2, -0.15) is 0 Å². The second-order valence-electron chi connectivity index (χ2n) is 4.67. The van der Waals surface area contributed by atoms with Crippen molar-refractivity contribution in [1.82, 2.24) is 19.4 Å². The number of aromatic nitrogens is 4. The van der Waals surface area contributed by atoms with E-state index in [4.69, 9.17) is 17.3 Å². The molecule has 3 aromatic heterocycles. The van der Waals surface area contributed by atoms with Gasteiger partial charge >= 0.3 is 0 Å². The number of nitrogens with zero attached hydrogens (tertiary/aromatic N) is 4. The molecule has 3 aromatic rings. The fourth-order valence-electron chi connectivity index (χ4n) is 1.97. The number of thioether (sulfide) groups is 1. The zero-order chi connectivity index (χ0) is 15.7. The summed E-state index contributed by atoms with van der Waals surface area (Å²) in [6, 6.07) is 6.59. The first-order chi connectivity index (χ1) is 10.5. The molecule has 3 rings (SSSR count). The fraction of sp³-hybridized carbons (Fsp3) is 0.143. The first-order valence-corrected chi connectivity index (χ1v) is 7.79. The summed E-state index contributed by atoms with van der Waals surface area (Å²) in [6.07, 6.45) is 1.55. The molecule has 0 radical (unpaired) electrons. The summed E-state index contributed by atoms with van der Waals surface area (Å²) in [5, 5.41) is 1.05. The lowest BCUT2D eigenvalue weighted by Crippen LogP contribution is -2.15. The number of nitrogen functional groups attached to an aromatic ring is 1. The van der Waals surface area contributed by atoms with Gasteiger partial charge in [0.15, 0.2) is 5.16 Å². The van der Waals surface area contributed by atoms with Crippen LogP contribution in [0.3, 0.4) is 0 Å². The maximum atomic E-state index is 12.1. The lowest BCUT2D eigenvalue weighted by Gasteiger charge is -2.05. The smallest absolute Gasteiger partial charge is 0.258 e. The normalized spacial score (nSPS) is 11.0. The highest BCUT2D eigenvalue weighted by Crippen LogP contribution is 2.19. The minimum absolute atomic E-state index is 0.173. The molecule has 0 saturated carbocycles. The Kier molecular flexibility index (Phi) is 4.00. The number of aryl methyl sites for hydroxylation is 1. The van der Waals surface area contributed by atoms with Crippen LogP contribution in [0.25, 0.3) is 5.65 Å². The first-order valence-electron chi connectivity index (χ1n) is 6.43. The standard InChI is InChI=1S/C14H12ClN5OS/c1-8-4-11(16)19-14(17-8)22-7-10-5-13(21)20-6-9(15)2-3-12(20)18-10/h2-6H,7H2,1H3,(H2,16,17,19). The van der Waals surface area contributed by atoms with Crippen LogP contribution in [0, 0.1) is 6.92 Å². The predicted octanol–water partition coefficient (Wildman–Crippen LogP) is 2.32. The molecule has 0 aromatic carbocycles. The van der Waals surface area contributed by atoms with Crippen molar-refractivity contribution in [3.63, 3.8) is 0 Å². The van der Waals surface area contributed by atoms with Gasteiger partial charge in [-0.1, -0.05) is 23.4 Å².